The summed E-state index contributed by atoms with van der Waals surface area (Å²) in [5, 5.41) is 6.12. The van der Waals surface area contributed by atoms with Gasteiger partial charge in [-0.1, -0.05) is 29.8 Å². The van der Waals surface area contributed by atoms with Gasteiger partial charge in [-0.3, -0.25) is 9.52 Å². The van der Waals surface area contributed by atoms with Crippen LogP contribution in [0.2, 0.25) is 5.02 Å². The summed E-state index contributed by atoms with van der Waals surface area (Å²) in [7, 11) is -2.61. The van der Waals surface area contributed by atoms with Crippen molar-refractivity contribution in [1.29, 1.82) is 0 Å². The number of sulfonamides is 1. The van der Waals surface area contributed by atoms with Crippen LogP contribution in [0.3, 0.4) is 0 Å². The van der Waals surface area contributed by atoms with Gasteiger partial charge in [-0.15, -0.1) is 0 Å². The molecule has 0 spiro atoms. The lowest BCUT2D eigenvalue weighted by atomic mass is 10.2. The van der Waals surface area contributed by atoms with Crippen molar-refractivity contribution in [3.63, 3.8) is 0 Å². The van der Waals surface area contributed by atoms with E-state index in [1.807, 2.05) is 0 Å². The zero-order valence-corrected chi connectivity index (χ0v) is 21.2. The summed E-state index contributed by atoms with van der Waals surface area (Å²) >= 11 is 6.35. The minimum absolute atomic E-state index is 0.0362. The van der Waals surface area contributed by atoms with Crippen LogP contribution in [0.15, 0.2) is 71.6 Å². The third-order valence-electron chi connectivity index (χ3n) is 5.87. The van der Waals surface area contributed by atoms with Gasteiger partial charge in [-0.25, -0.2) is 18.4 Å². The van der Waals surface area contributed by atoms with Crippen molar-refractivity contribution in [2.24, 2.45) is 5.73 Å². The van der Waals surface area contributed by atoms with Gasteiger partial charge in [0.15, 0.2) is 11.6 Å². The monoisotopic (exact) mass is 538 g/mol. The van der Waals surface area contributed by atoms with E-state index >= 15 is 0 Å². The van der Waals surface area contributed by atoms with Crippen LogP contribution >= 0.6 is 11.6 Å². The number of anilines is 4. The molecule has 1 amide bonds. The van der Waals surface area contributed by atoms with Gasteiger partial charge in [0.2, 0.25) is 5.91 Å². The van der Waals surface area contributed by atoms with E-state index < -0.39 is 15.6 Å². The van der Waals surface area contributed by atoms with E-state index in [0.29, 0.717) is 46.0 Å². The lowest BCUT2D eigenvalue weighted by Crippen LogP contribution is -2.37. The third kappa shape index (κ3) is 5.29. The van der Waals surface area contributed by atoms with E-state index in [-0.39, 0.29) is 22.4 Å². The lowest BCUT2D eigenvalue weighted by molar-refractivity contribution is -0.118. The minimum atomic E-state index is -4.13. The number of nitrogens with zero attached hydrogens (tertiary/aromatic N) is 2. The number of rotatable bonds is 8. The molecule has 1 aliphatic rings. The molecule has 0 unspecified atom stereocenters. The fraction of sp³-hybridized carbons (Fsp3) is 0.160. The van der Waals surface area contributed by atoms with Crippen molar-refractivity contribution in [2.45, 2.75) is 23.3 Å². The van der Waals surface area contributed by atoms with Gasteiger partial charge in [0.1, 0.15) is 5.75 Å². The highest BCUT2D eigenvalue weighted by Crippen LogP contribution is 2.34. The number of hydrogen-bond acceptors (Lipinski definition) is 8. The number of benzene rings is 3. The number of halogens is 1. The van der Waals surface area contributed by atoms with Crippen molar-refractivity contribution in [3.8, 4) is 5.75 Å². The number of para-hydroxylation sites is 2. The van der Waals surface area contributed by atoms with Gasteiger partial charge >= 0.3 is 0 Å². The number of aromatic nitrogens is 2. The first kappa shape index (κ1) is 24.8. The molecule has 1 saturated carbocycles. The molecule has 3 aromatic carbocycles. The minimum Gasteiger partial charge on any atom is -0.497 e. The van der Waals surface area contributed by atoms with Gasteiger partial charge in [0.05, 0.1) is 39.3 Å². The van der Waals surface area contributed by atoms with Gasteiger partial charge < -0.3 is 21.1 Å². The molecule has 5 N–H and O–H groups in total. The number of amides is 1. The summed E-state index contributed by atoms with van der Waals surface area (Å²) in [5.41, 5.74) is 6.84. The largest absolute Gasteiger partial charge is 0.497 e. The molecule has 37 heavy (non-hydrogen) atoms. The average molecular weight is 539 g/mol. The van der Waals surface area contributed by atoms with E-state index in [0.717, 1.165) is 0 Å². The van der Waals surface area contributed by atoms with Gasteiger partial charge in [-0.2, -0.15) is 0 Å². The first-order valence-corrected chi connectivity index (χ1v) is 13.1. The van der Waals surface area contributed by atoms with Crippen molar-refractivity contribution < 1.29 is 17.9 Å². The number of methoxy groups -OCH3 is 1. The molecule has 1 heterocycles. The molecule has 4 aromatic rings. The second-order valence-electron chi connectivity index (χ2n) is 8.62. The summed E-state index contributed by atoms with van der Waals surface area (Å²) in [6.45, 7) is 0. The molecule has 1 aromatic heterocycles. The van der Waals surface area contributed by atoms with E-state index in [1.165, 1.54) is 25.3 Å². The SMILES string of the molecule is COc1ccc(Cl)c(Nc2nc3ccccc3nc2NS(=O)(=O)c2cccc(NC(=O)C3(N)CC3)c2)c1. The van der Waals surface area contributed by atoms with Crippen LogP contribution in [-0.2, 0) is 14.8 Å². The molecule has 0 atom stereocenters. The Kier molecular flexibility index (Phi) is 6.36. The van der Waals surface area contributed by atoms with Crippen molar-refractivity contribution in [1.82, 2.24) is 9.97 Å². The summed E-state index contributed by atoms with van der Waals surface area (Å²) < 4.78 is 34.5. The van der Waals surface area contributed by atoms with Crippen LogP contribution in [0.4, 0.5) is 23.0 Å². The Hall–Kier alpha value is -3.93. The Morgan fingerprint density at radius 3 is 2.38 bits per heavy atom. The topological polar surface area (TPSA) is 148 Å². The molecule has 10 nitrogen and oxygen atoms in total. The molecular weight excluding hydrogens is 516 g/mol. The second-order valence-corrected chi connectivity index (χ2v) is 10.7. The summed E-state index contributed by atoms with van der Waals surface area (Å²) in [6.07, 6.45) is 1.18. The number of hydrogen-bond donors (Lipinski definition) is 4. The number of carbonyl (C=O) groups is 1. The number of carbonyl (C=O) groups excluding carboxylic acids is 1. The second kappa shape index (κ2) is 9.51. The quantitative estimate of drug-likeness (QED) is 0.260. The number of nitrogens with one attached hydrogen (secondary N) is 3. The van der Waals surface area contributed by atoms with Crippen LogP contribution in [0.1, 0.15) is 12.8 Å². The molecule has 0 aliphatic heterocycles. The van der Waals surface area contributed by atoms with E-state index in [1.54, 1.807) is 48.5 Å². The fourth-order valence-corrected chi connectivity index (χ4v) is 4.78. The highest BCUT2D eigenvalue weighted by atomic mass is 35.5. The highest BCUT2D eigenvalue weighted by Gasteiger charge is 2.46. The maximum atomic E-state index is 13.4. The van der Waals surface area contributed by atoms with Crippen LogP contribution in [0.5, 0.6) is 5.75 Å². The Morgan fingerprint density at radius 1 is 1.00 bits per heavy atom. The predicted molar refractivity (Wildman–Crippen MR) is 143 cm³/mol. The third-order valence-corrected chi connectivity index (χ3v) is 7.54. The van der Waals surface area contributed by atoms with Crippen molar-refractivity contribution in [2.75, 3.05) is 22.5 Å². The van der Waals surface area contributed by atoms with Crippen LogP contribution < -0.4 is 25.8 Å². The van der Waals surface area contributed by atoms with E-state index in [9.17, 15) is 13.2 Å². The molecule has 0 saturated heterocycles. The molecule has 0 radical (unpaired) electrons. The zero-order valence-electron chi connectivity index (χ0n) is 19.7. The van der Waals surface area contributed by atoms with Gasteiger partial charge in [0, 0.05) is 11.8 Å². The smallest absolute Gasteiger partial charge is 0.263 e. The summed E-state index contributed by atoms with van der Waals surface area (Å²) in [5.74, 6) is 0.302. The van der Waals surface area contributed by atoms with Crippen LogP contribution in [0.25, 0.3) is 11.0 Å². The Morgan fingerprint density at radius 2 is 1.70 bits per heavy atom. The first-order chi connectivity index (χ1) is 17.7. The maximum absolute atomic E-state index is 13.4. The zero-order chi connectivity index (χ0) is 26.2. The first-order valence-electron chi connectivity index (χ1n) is 11.3. The van der Waals surface area contributed by atoms with Crippen LogP contribution in [-0.4, -0.2) is 36.9 Å². The molecule has 5 rings (SSSR count). The van der Waals surface area contributed by atoms with Gasteiger partial charge in [-0.05, 0) is 55.3 Å². The Labute approximate surface area is 218 Å². The van der Waals surface area contributed by atoms with Crippen LogP contribution in [0, 0.1) is 0 Å². The van der Waals surface area contributed by atoms with Crippen molar-refractivity contribution in [3.05, 3.63) is 71.8 Å². The molecule has 12 heteroatoms. The maximum Gasteiger partial charge on any atom is 0.263 e. The molecule has 1 aliphatic carbocycles. The molecular formula is C25H23ClN6O4S. The standard InChI is InChI=1S/C25H23ClN6O4S/c1-36-16-9-10-18(26)21(14-16)31-22-23(30-20-8-3-2-7-19(20)29-22)32-37(34,35)17-6-4-5-15(13-17)28-24(33)25(27)11-12-25/h2-10,13-14H,11-12,27H2,1H3,(H,28,33)(H,29,31)(H,30,32). The number of nitrogens with two attached hydrogens (primary N) is 1. The summed E-state index contributed by atoms with van der Waals surface area (Å²) in [4.78, 5) is 21.3. The molecule has 1 fully saturated rings. The summed E-state index contributed by atoms with van der Waals surface area (Å²) in [6, 6.07) is 18.0. The molecule has 0 bridgehead atoms. The number of fused-ring (bicyclic) bond motifs is 1. The Balaban J connectivity index is 1.49. The fourth-order valence-electron chi connectivity index (χ4n) is 3.56. The lowest BCUT2D eigenvalue weighted by Gasteiger charge is -2.16. The number of ether oxygens (including phenoxy) is 1. The van der Waals surface area contributed by atoms with Crippen molar-refractivity contribution >= 4 is 61.6 Å². The highest BCUT2D eigenvalue weighted by molar-refractivity contribution is 7.92. The van der Waals surface area contributed by atoms with E-state index in [2.05, 4.69) is 25.3 Å². The predicted octanol–water partition coefficient (Wildman–Crippen LogP) is 4.27. The molecule has 190 valence electrons. The average Bonchev–Trinajstić information content (AvgIpc) is 3.64. The Bertz CT molecular complexity index is 1630. The van der Waals surface area contributed by atoms with E-state index in [4.69, 9.17) is 22.1 Å². The normalized spacial score (nSPS) is 14.1. The van der Waals surface area contributed by atoms with Gasteiger partial charge in [0.25, 0.3) is 10.0 Å².